The first-order valence-electron chi connectivity index (χ1n) is 8.96. The van der Waals surface area contributed by atoms with Crippen molar-refractivity contribution in [3.8, 4) is 0 Å². The number of nitrogens with one attached hydrogen (secondary N) is 2. The number of aromatic nitrogens is 4. The van der Waals surface area contributed by atoms with E-state index in [1.807, 2.05) is 0 Å². The number of rotatable bonds is 6. The topological polar surface area (TPSA) is 94.0 Å². The van der Waals surface area contributed by atoms with Gasteiger partial charge in [-0.2, -0.15) is 23.3 Å². The standard InChI is InChI=1S/C16H16B3F3N6O2/c1-3-23-11-8(15(20,21)22)7-24-13(26-11)25-10-6-9(27-28(10)16(17,18)19)14(2)4-5-30-12(14)29/h6-7H,3-5H2,1-2H3,(H2,23,24,25,26). The predicted molar refractivity (Wildman–Crippen MR) is 105 cm³/mol. The van der Waals surface area contributed by atoms with E-state index >= 15 is 0 Å². The van der Waals surface area contributed by atoms with E-state index < -0.39 is 34.2 Å². The Morgan fingerprint density at radius 2 is 2.03 bits per heavy atom. The molecule has 1 unspecified atom stereocenters. The number of ether oxygens (including phenoxy) is 1. The van der Waals surface area contributed by atoms with Crippen molar-refractivity contribution in [3.05, 3.63) is 23.5 Å². The Morgan fingerprint density at radius 3 is 2.57 bits per heavy atom. The average Bonchev–Trinajstić information content (AvgIpc) is 3.19. The van der Waals surface area contributed by atoms with E-state index in [1.165, 1.54) is 6.07 Å². The van der Waals surface area contributed by atoms with Gasteiger partial charge >= 0.3 is 12.1 Å². The van der Waals surface area contributed by atoms with Crippen molar-refractivity contribution < 1.29 is 22.7 Å². The highest BCUT2D eigenvalue weighted by atomic mass is 19.4. The van der Waals surface area contributed by atoms with Crippen molar-refractivity contribution in [2.24, 2.45) is 0 Å². The monoisotopic (exact) mass is 414 g/mol. The smallest absolute Gasteiger partial charge is 0.421 e. The molecule has 2 aromatic heterocycles. The van der Waals surface area contributed by atoms with Gasteiger partial charge in [-0.05, 0) is 19.1 Å². The van der Waals surface area contributed by atoms with Gasteiger partial charge in [0.15, 0.2) is 0 Å². The summed E-state index contributed by atoms with van der Waals surface area (Å²) >= 11 is 0. The lowest BCUT2D eigenvalue weighted by Gasteiger charge is -2.24. The zero-order chi connectivity index (χ0) is 22.3. The van der Waals surface area contributed by atoms with Crippen LogP contribution < -0.4 is 10.6 Å². The first-order chi connectivity index (χ1) is 13.9. The van der Waals surface area contributed by atoms with Crippen LogP contribution in [0.4, 0.5) is 30.8 Å². The van der Waals surface area contributed by atoms with Crippen LogP contribution in [-0.2, 0) is 26.4 Å². The van der Waals surface area contributed by atoms with Crippen LogP contribution in [0.5, 0.6) is 0 Å². The summed E-state index contributed by atoms with van der Waals surface area (Å²) < 4.78 is 45.5. The van der Waals surface area contributed by atoms with E-state index in [9.17, 15) is 18.0 Å². The second-order valence-electron chi connectivity index (χ2n) is 7.04. The number of esters is 1. The molecule has 1 aliphatic rings. The molecule has 0 amide bonds. The van der Waals surface area contributed by atoms with Gasteiger partial charge in [0.25, 0.3) is 0 Å². The molecule has 3 rings (SSSR count). The molecule has 1 fully saturated rings. The molecule has 0 aliphatic carbocycles. The third kappa shape index (κ3) is 4.12. The van der Waals surface area contributed by atoms with Crippen LogP contribution >= 0.6 is 0 Å². The minimum Gasteiger partial charge on any atom is -0.465 e. The van der Waals surface area contributed by atoms with Crippen molar-refractivity contribution in [1.82, 2.24) is 19.7 Å². The molecule has 3 heterocycles. The van der Waals surface area contributed by atoms with E-state index in [1.54, 1.807) is 13.8 Å². The molecule has 6 radical (unpaired) electrons. The van der Waals surface area contributed by atoms with E-state index in [0.29, 0.717) is 12.6 Å². The van der Waals surface area contributed by atoms with E-state index in [4.69, 9.17) is 28.3 Å². The van der Waals surface area contributed by atoms with E-state index in [0.717, 1.165) is 4.68 Å². The summed E-state index contributed by atoms with van der Waals surface area (Å²) in [5.41, 5.74) is -1.80. The molecule has 152 valence electrons. The van der Waals surface area contributed by atoms with Gasteiger partial charge in [-0.25, -0.2) is 4.98 Å². The zero-order valence-corrected chi connectivity index (χ0v) is 16.2. The Bertz CT molecular complexity index is 963. The fraction of sp³-hybridized carbons (Fsp3) is 0.500. The minimum absolute atomic E-state index is 0.0839. The fourth-order valence-electron chi connectivity index (χ4n) is 2.94. The summed E-state index contributed by atoms with van der Waals surface area (Å²) in [7, 11) is 17.3. The number of carbonyl (C=O) groups is 1. The van der Waals surface area contributed by atoms with Crippen LogP contribution in [0, 0.1) is 0 Å². The van der Waals surface area contributed by atoms with E-state index in [-0.39, 0.29) is 30.6 Å². The second-order valence-corrected chi connectivity index (χ2v) is 7.04. The predicted octanol–water partition coefficient (Wildman–Crippen LogP) is 1.15. The minimum atomic E-state index is -4.64. The lowest BCUT2D eigenvalue weighted by molar-refractivity contribution is -0.142. The van der Waals surface area contributed by atoms with Crippen LogP contribution in [0.1, 0.15) is 31.5 Å². The van der Waals surface area contributed by atoms with Crippen LogP contribution in [0.2, 0.25) is 0 Å². The number of hydrogen-bond acceptors (Lipinski definition) is 7. The average molecular weight is 414 g/mol. The number of cyclic esters (lactones) is 1. The molecule has 1 atom stereocenters. The molecule has 2 aromatic rings. The normalized spacial score (nSPS) is 19.6. The van der Waals surface area contributed by atoms with Gasteiger partial charge in [-0.15, -0.1) is 0 Å². The lowest BCUT2D eigenvalue weighted by Crippen LogP contribution is -2.37. The first kappa shape index (κ1) is 22.0. The summed E-state index contributed by atoms with van der Waals surface area (Å²) in [6.07, 6.45) is -3.62. The number of anilines is 3. The Balaban J connectivity index is 2.02. The maximum Gasteiger partial charge on any atom is 0.421 e. The van der Waals surface area contributed by atoms with Crippen LogP contribution in [0.25, 0.3) is 0 Å². The molecular weight excluding hydrogens is 398 g/mol. The molecule has 2 N–H and O–H groups in total. The number of hydrogen-bond donors (Lipinski definition) is 2. The fourth-order valence-corrected chi connectivity index (χ4v) is 2.94. The van der Waals surface area contributed by atoms with Gasteiger partial charge in [0, 0.05) is 25.2 Å². The van der Waals surface area contributed by atoms with Gasteiger partial charge < -0.3 is 15.4 Å². The van der Waals surface area contributed by atoms with Gasteiger partial charge in [-0.1, -0.05) is 0 Å². The maximum absolute atomic E-state index is 13.2. The van der Waals surface area contributed by atoms with Gasteiger partial charge in [0.05, 0.1) is 35.8 Å². The Morgan fingerprint density at radius 1 is 1.33 bits per heavy atom. The van der Waals surface area contributed by atoms with Crippen LogP contribution in [0.3, 0.4) is 0 Å². The molecule has 0 spiro atoms. The largest absolute Gasteiger partial charge is 0.465 e. The van der Waals surface area contributed by atoms with Crippen LogP contribution in [-0.4, -0.2) is 62.4 Å². The zero-order valence-electron chi connectivity index (χ0n) is 16.2. The summed E-state index contributed by atoms with van der Waals surface area (Å²) in [6.45, 7) is 3.70. The molecule has 0 bridgehead atoms. The van der Waals surface area contributed by atoms with Crippen molar-refractivity contribution >= 4 is 47.1 Å². The third-order valence-electron chi connectivity index (χ3n) is 4.61. The molecule has 30 heavy (non-hydrogen) atoms. The highest BCUT2D eigenvalue weighted by Crippen LogP contribution is 2.36. The number of carbonyl (C=O) groups excluding carboxylic acids is 1. The molecular formula is C16H16B3F3N6O2. The summed E-state index contributed by atoms with van der Waals surface area (Å²) in [5.74, 6) is -0.981. The Labute approximate surface area is 174 Å². The molecule has 1 aliphatic heterocycles. The molecule has 8 nitrogen and oxygen atoms in total. The van der Waals surface area contributed by atoms with Gasteiger partial charge in [0.1, 0.15) is 22.6 Å². The first-order valence-corrected chi connectivity index (χ1v) is 8.96. The van der Waals surface area contributed by atoms with Crippen LogP contribution in [0.15, 0.2) is 12.3 Å². The molecule has 1 saturated heterocycles. The second kappa shape index (κ2) is 7.55. The Hall–Kier alpha value is -2.66. The van der Waals surface area contributed by atoms with Crippen molar-refractivity contribution in [2.75, 3.05) is 23.8 Å². The highest BCUT2D eigenvalue weighted by molar-refractivity contribution is 6.56. The van der Waals surface area contributed by atoms with Gasteiger partial charge in [0.2, 0.25) is 5.95 Å². The summed E-state index contributed by atoms with van der Waals surface area (Å²) in [6, 6.07) is 1.45. The Kier molecular flexibility index (Phi) is 5.55. The van der Waals surface area contributed by atoms with E-state index in [2.05, 4.69) is 25.7 Å². The van der Waals surface area contributed by atoms with Crippen molar-refractivity contribution in [3.63, 3.8) is 0 Å². The van der Waals surface area contributed by atoms with Crippen molar-refractivity contribution in [1.29, 1.82) is 0 Å². The molecule has 0 saturated carbocycles. The van der Waals surface area contributed by atoms with Crippen molar-refractivity contribution in [2.45, 2.75) is 37.1 Å². The number of halogens is 3. The molecule has 0 aromatic carbocycles. The quantitative estimate of drug-likeness (QED) is 0.542. The van der Waals surface area contributed by atoms with Gasteiger partial charge in [-0.3, -0.25) is 9.48 Å². The number of alkyl halides is 3. The number of nitrogens with zero attached hydrogens (tertiary/aromatic N) is 4. The highest BCUT2D eigenvalue weighted by Gasteiger charge is 2.44. The summed E-state index contributed by atoms with van der Waals surface area (Å²) in [4.78, 5) is 19.7. The lowest BCUT2D eigenvalue weighted by atomic mass is 9.49. The third-order valence-corrected chi connectivity index (χ3v) is 4.61. The maximum atomic E-state index is 13.2. The SMILES string of the molecule is [B]C([B])([B])n1nc(C2(C)CCOC2=O)cc1Nc1ncc(C(F)(F)F)c(NCC)n1. The summed E-state index contributed by atoms with van der Waals surface area (Å²) in [5, 5.41) is 7.51. The molecule has 14 heteroatoms.